The zero-order chi connectivity index (χ0) is 18.1. The van der Waals surface area contributed by atoms with Gasteiger partial charge in [-0.2, -0.15) is 6.42 Å². The lowest BCUT2D eigenvalue weighted by atomic mass is 10.1. The standard InChI is InChI=1S/C8H18N.C3H10N2.C3H9N.C3H8O/c1-4-6-9-7-8(3)5-2;1-4-3-5-2;2*1-3-4-2/h8-9H,1,4-7H2,2-3H3;4-5H,3H2,1-2H3;4H,3H2,1-2H3;3H2,1-2H3/q-1;;;. The number of nitrogens with one attached hydrogen (secondary N) is 4. The summed E-state index contributed by atoms with van der Waals surface area (Å²) in [4.78, 5) is 0. The fourth-order valence-electron chi connectivity index (χ4n) is 0.795. The van der Waals surface area contributed by atoms with Gasteiger partial charge in [0, 0.05) is 20.4 Å². The van der Waals surface area contributed by atoms with Gasteiger partial charge in [0.05, 0.1) is 0 Å². The maximum Gasteiger partial charge on any atom is 0.0449 e. The van der Waals surface area contributed by atoms with E-state index in [0.29, 0.717) is 0 Å². The molecule has 0 rings (SSSR count). The van der Waals surface area contributed by atoms with Gasteiger partial charge in [-0.05, 0) is 53.6 Å². The fraction of sp³-hybridized carbons (Fsp3) is 0.941. The molecule has 140 valence electrons. The van der Waals surface area contributed by atoms with E-state index in [1.165, 1.54) is 6.42 Å². The molecule has 0 aliphatic rings. The monoisotopic (exact) mass is 321 g/mol. The van der Waals surface area contributed by atoms with Gasteiger partial charge in [-0.1, -0.05) is 27.2 Å². The van der Waals surface area contributed by atoms with E-state index in [-0.39, 0.29) is 0 Å². The molecule has 0 bridgehead atoms. The second-order valence-corrected chi connectivity index (χ2v) is 4.74. The van der Waals surface area contributed by atoms with E-state index in [1.807, 2.05) is 28.1 Å². The van der Waals surface area contributed by atoms with Gasteiger partial charge in [0.1, 0.15) is 0 Å². The lowest BCUT2D eigenvalue weighted by Gasteiger charge is -2.09. The number of hydrogen-bond donors (Lipinski definition) is 4. The predicted octanol–water partition coefficient (Wildman–Crippen LogP) is 2.11. The summed E-state index contributed by atoms with van der Waals surface area (Å²) in [6.07, 6.45) is 2.26. The second kappa shape index (κ2) is 37.2. The summed E-state index contributed by atoms with van der Waals surface area (Å²) < 4.78 is 4.54. The number of methoxy groups -OCH3 is 1. The first-order valence-corrected chi connectivity index (χ1v) is 8.48. The number of ether oxygens (including phenoxy) is 1. The molecular formula is C17H45N4O-. The highest BCUT2D eigenvalue weighted by molar-refractivity contribution is 4.54. The van der Waals surface area contributed by atoms with Gasteiger partial charge < -0.3 is 32.9 Å². The zero-order valence-corrected chi connectivity index (χ0v) is 16.6. The highest BCUT2D eigenvalue weighted by Gasteiger charge is 1.93. The van der Waals surface area contributed by atoms with Gasteiger partial charge in [-0.3, -0.25) is 0 Å². The molecule has 1 unspecified atom stereocenters. The smallest absolute Gasteiger partial charge is 0.0449 e. The molecule has 0 amide bonds. The van der Waals surface area contributed by atoms with Crippen LogP contribution in [0.2, 0.25) is 0 Å². The van der Waals surface area contributed by atoms with Gasteiger partial charge in [-0.15, -0.1) is 0 Å². The van der Waals surface area contributed by atoms with Crippen molar-refractivity contribution in [2.75, 3.05) is 61.2 Å². The van der Waals surface area contributed by atoms with Crippen LogP contribution in [-0.2, 0) is 4.74 Å². The Hall–Kier alpha value is -0.200. The molecule has 0 radical (unpaired) electrons. The molecule has 0 aromatic heterocycles. The summed E-state index contributed by atoms with van der Waals surface area (Å²) >= 11 is 0. The Morgan fingerprint density at radius 1 is 1.00 bits per heavy atom. The van der Waals surface area contributed by atoms with Crippen LogP contribution >= 0.6 is 0 Å². The molecule has 0 heterocycles. The molecule has 0 fully saturated rings. The molecule has 5 nitrogen and oxygen atoms in total. The van der Waals surface area contributed by atoms with Crippen LogP contribution in [0.25, 0.3) is 0 Å². The maximum atomic E-state index is 4.54. The lowest BCUT2D eigenvalue weighted by Crippen LogP contribution is -2.21. The minimum Gasteiger partial charge on any atom is -0.385 e. The molecule has 0 aromatic carbocycles. The Balaban J connectivity index is -0.000000107. The van der Waals surface area contributed by atoms with Gasteiger partial charge in [0.2, 0.25) is 0 Å². The summed E-state index contributed by atoms with van der Waals surface area (Å²) in [5.41, 5.74) is 0. The third-order valence-electron chi connectivity index (χ3n) is 2.54. The van der Waals surface area contributed by atoms with Crippen LogP contribution in [0.15, 0.2) is 0 Å². The van der Waals surface area contributed by atoms with Gasteiger partial charge in [0.25, 0.3) is 0 Å². The molecule has 0 saturated carbocycles. The van der Waals surface area contributed by atoms with Crippen LogP contribution in [-0.4, -0.2) is 61.2 Å². The first kappa shape index (κ1) is 29.8. The average molecular weight is 322 g/mol. The molecular weight excluding hydrogens is 276 g/mol. The third-order valence-corrected chi connectivity index (χ3v) is 2.54. The van der Waals surface area contributed by atoms with E-state index in [9.17, 15) is 0 Å². The maximum absolute atomic E-state index is 4.54. The first-order chi connectivity index (χ1) is 10.6. The molecule has 0 saturated heterocycles. The summed E-state index contributed by atoms with van der Waals surface area (Å²) in [6.45, 7) is 17.2. The molecule has 0 aliphatic heterocycles. The number of hydrogen-bond acceptors (Lipinski definition) is 5. The van der Waals surface area contributed by atoms with Crippen LogP contribution < -0.4 is 21.3 Å². The highest BCUT2D eigenvalue weighted by Crippen LogP contribution is 1.96. The molecule has 0 spiro atoms. The predicted molar refractivity (Wildman–Crippen MR) is 102 cm³/mol. The van der Waals surface area contributed by atoms with Crippen molar-refractivity contribution < 1.29 is 4.74 Å². The van der Waals surface area contributed by atoms with Crippen molar-refractivity contribution in [3.63, 3.8) is 0 Å². The molecule has 0 aromatic rings. The van der Waals surface area contributed by atoms with Gasteiger partial charge >= 0.3 is 0 Å². The van der Waals surface area contributed by atoms with E-state index < -0.39 is 0 Å². The Bertz CT molecular complexity index is 128. The van der Waals surface area contributed by atoms with Crippen molar-refractivity contribution in [3.8, 4) is 0 Å². The molecule has 1 atom stereocenters. The van der Waals surface area contributed by atoms with Crippen molar-refractivity contribution in [1.82, 2.24) is 21.3 Å². The largest absolute Gasteiger partial charge is 0.385 e. The Kier molecular flexibility index (Phi) is 50.4. The lowest BCUT2D eigenvalue weighted by molar-refractivity contribution is 0.215. The first-order valence-electron chi connectivity index (χ1n) is 8.48. The molecule has 5 heteroatoms. The van der Waals surface area contributed by atoms with Crippen molar-refractivity contribution in [2.45, 2.75) is 40.5 Å². The Labute approximate surface area is 141 Å². The van der Waals surface area contributed by atoms with Crippen LogP contribution in [0.4, 0.5) is 0 Å². The van der Waals surface area contributed by atoms with Crippen molar-refractivity contribution in [2.24, 2.45) is 5.92 Å². The van der Waals surface area contributed by atoms with Crippen molar-refractivity contribution >= 4 is 0 Å². The normalized spacial score (nSPS) is 10.2. The van der Waals surface area contributed by atoms with E-state index in [2.05, 4.69) is 53.7 Å². The number of rotatable bonds is 9. The minimum absolute atomic E-state index is 0.816. The van der Waals surface area contributed by atoms with Crippen molar-refractivity contribution in [3.05, 3.63) is 6.92 Å². The van der Waals surface area contributed by atoms with Crippen LogP contribution in [0.5, 0.6) is 0 Å². The Morgan fingerprint density at radius 2 is 1.45 bits per heavy atom. The van der Waals surface area contributed by atoms with Crippen LogP contribution in [0.3, 0.4) is 0 Å². The summed E-state index contributed by atoms with van der Waals surface area (Å²) in [7, 11) is 7.41. The van der Waals surface area contributed by atoms with E-state index in [1.54, 1.807) is 7.11 Å². The topological polar surface area (TPSA) is 57.4 Å². The van der Waals surface area contributed by atoms with Crippen LogP contribution in [0, 0.1) is 12.8 Å². The van der Waals surface area contributed by atoms with E-state index in [0.717, 1.165) is 45.2 Å². The Morgan fingerprint density at radius 3 is 1.64 bits per heavy atom. The third kappa shape index (κ3) is 60.0. The fourth-order valence-corrected chi connectivity index (χ4v) is 0.795. The van der Waals surface area contributed by atoms with Crippen LogP contribution in [0.1, 0.15) is 40.5 Å². The molecule has 22 heavy (non-hydrogen) atoms. The van der Waals surface area contributed by atoms with E-state index in [4.69, 9.17) is 0 Å². The minimum atomic E-state index is 0.816. The zero-order valence-electron chi connectivity index (χ0n) is 16.6. The van der Waals surface area contributed by atoms with Crippen molar-refractivity contribution in [1.29, 1.82) is 0 Å². The highest BCUT2D eigenvalue weighted by atomic mass is 16.5. The van der Waals surface area contributed by atoms with E-state index >= 15 is 0 Å². The second-order valence-electron chi connectivity index (χ2n) is 4.74. The summed E-state index contributed by atoms with van der Waals surface area (Å²) in [5, 5.41) is 12.1. The molecule has 4 N–H and O–H groups in total. The van der Waals surface area contributed by atoms with Gasteiger partial charge in [-0.25, -0.2) is 0 Å². The van der Waals surface area contributed by atoms with Gasteiger partial charge in [0.15, 0.2) is 0 Å². The molecule has 0 aliphatic carbocycles. The summed E-state index contributed by atoms with van der Waals surface area (Å²) in [6, 6.07) is 0. The SMILES string of the molecule is CCNC.CCOC.CNCNC.[CH2-]CCNCC(C)CC. The average Bonchev–Trinajstić information content (AvgIpc) is 2.56. The summed E-state index contributed by atoms with van der Waals surface area (Å²) in [5.74, 6) is 0.816. The quantitative estimate of drug-likeness (QED) is 0.298.